The third-order valence-electron chi connectivity index (χ3n) is 2.15. The van der Waals surface area contributed by atoms with Gasteiger partial charge in [0.15, 0.2) is 0 Å². The Labute approximate surface area is 101 Å². The van der Waals surface area contributed by atoms with Crippen molar-refractivity contribution >= 4 is 11.6 Å². The summed E-state index contributed by atoms with van der Waals surface area (Å²) in [5.74, 6) is 0.619. The molecule has 0 saturated carbocycles. The number of hydrogen-bond acceptors (Lipinski definition) is 3. The first-order valence-electron chi connectivity index (χ1n) is 5.46. The molecule has 0 bridgehead atoms. The van der Waals surface area contributed by atoms with Crippen LogP contribution >= 0.6 is 11.6 Å². The Bertz CT molecular complexity index is 374. The molecule has 3 nitrogen and oxygen atoms in total. The van der Waals surface area contributed by atoms with Crippen molar-refractivity contribution in [3.63, 3.8) is 0 Å². The van der Waals surface area contributed by atoms with Crippen molar-refractivity contribution in [2.24, 2.45) is 0 Å². The highest BCUT2D eigenvalue weighted by Crippen LogP contribution is 2.17. The molecule has 1 aromatic rings. The van der Waals surface area contributed by atoms with Crippen LogP contribution in [0.3, 0.4) is 0 Å². The minimum absolute atomic E-state index is 0.288. The van der Waals surface area contributed by atoms with Crippen LogP contribution in [-0.2, 0) is 0 Å². The Morgan fingerprint density at radius 2 is 2.19 bits per heavy atom. The zero-order valence-corrected chi connectivity index (χ0v) is 10.1. The number of nitrogens with zero attached hydrogens (tertiary/aromatic N) is 2. The van der Waals surface area contributed by atoms with E-state index in [2.05, 4.69) is 11.9 Å². The second-order valence-electron chi connectivity index (χ2n) is 3.53. The lowest BCUT2D eigenvalue weighted by atomic mass is 10.2. The van der Waals surface area contributed by atoms with Crippen LogP contribution in [0, 0.1) is 11.3 Å². The number of nitriles is 1. The van der Waals surface area contributed by atoms with Crippen molar-refractivity contribution < 1.29 is 4.74 Å². The van der Waals surface area contributed by atoms with Crippen LogP contribution in [0.4, 0.5) is 0 Å². The summed E-state index contributed by atoms with van der Waals surface area (Å²) in [5, 5.41) is 9.00. The predicted octanol–water partition coefficient (Wildman–Crippen LogP) is 3.57. The molecule has 0 atom stereocenters. The van der Waals surface area contributed by atoms with Gasteiger partial charge in [0.05, 0.1) is 6.61 Å². The molecule has 1 aromatic heterocycles. The summed E-state index contributed by atoms with van der Waals surface area (Å²) < 4.78 is 5.50. The Balaban J connectivity index is 2.42. The molecule has 0 aliphatic heterocycles. The summed E-state index contributed by atoms with van der Waals surface area (Å²) >= 11 is 5.75. The molecule has 0 aliphatic carbocycles. The number of halogens is 1. The minimum atomic E-state index is 0.288. The van der Waals surface area contributed by atoms with E-state index in [1.54, 1.807) is 12.1 Å². The Morgan fingerprint density at radius 3 is 2.88 bits per heavy atom. The van der Waals surface area contributed by atoms with Crippen LogP contribution in [0.2, 0.25) is 5.15 Å². The first-order chi connectivity index (χ1) is 7.76. The second kappa shape index (κ2) is 7.08. The number of rotatable bonds is 6. The molecule has 0 spiro atoms. The SMILES string of the molecule is CCCCCCOc1cc(Cl)nc(C#N)c1. The second-order valence-corrected chi connectivity index (χ2v) is 3.92. The van der Waals surface area contributed by atoms with Crippen LogP contribution in [0.15, 0.2) is 12.1 Å². The first kappa shape index (κ1) is 12.8. The van der Waals surface area contributed by atoms with E-state index in [4.69, 9.17) is 21.6 Å². The highest BCUT2D eigenvalue weighted by Gasteiger charge is 2.01. The normalized spacial score (nSPS) is 9.81. The van der Waals surface area contributed by atoms with Gasteiger partial charge in [-0.25, -0.2) is 4.98 Å². The van der Waals surface area contributed by atoms with Crippen molar-refractivity contribution in [2.45, 2.75) is 32.6 Å². The van der Waals surface area contributed by atoms with Crippen molar-refractivity contribution in [1.29, 1.82) is 5.26 Å². The van der Waals surface area contributed by atoms with Gasteiger partial charge < -0.3 is 4.74 Å². The van der Waals surface area contributed by atoms with E-state index >= 15 is 0 Å². The monoisotopic (exact) mass is 238 g/mol. The van der Waals surface area contributed by atoms with Gasteiger partial charge in [-0.1, -0.05) is 37.8 Å². The molecule has 1 rings (SSSR count). The summed E-state index contributed by atoms with van der Waals surface area (Å²) in [6, 6.07) is 5.17. The molecule has 0 N–H and O–H groups in total. The number of unbranched alkanes of at least 4 members (excludes halogenated alkanes) is 3. The van der Waals surface area contributed by atoms with Crippen LogP contribution in [0.1, 0.15) is 38.3 Å². The largest absolute Gasteiger partial charge is 0.493 e. The maximum atomic E-state index is 8.70. The van der Waals surface area contributed by atoms with Crippen molar-refractivity contribution in [3.05, 3.63) is 23.0 Å². The predicted molar refractivity (Wildman–Crippen MR) is 63.6 cm³/mol. The van der Waals surface area contributed by atoms with Crippen LogP contribution in [-0.4, -0.2) is 11.6 Å². The van der Waals surface area contributed by atoms with E-state index in [0.29, 0.717) is 17.5 Å². The lowest BCUT2D eigenvalue weighted by Gasteiger charge is -2.06. The summed E-state index contributed by atoms with van der Waals surface area (Å²) in [6.45, 7) is 2.83. The molecular weight excluding hydrogens is 224 g/mol. The smallest absolute Gasteiger partial charge is 0.145 e. The lowest BCUT2D eigenvalue weighted by Crippen LogP contribution is -1.98. The van der Waals surface area contributed by atoms with Gasteiger partial charge in [0.2, 0.25) is 0 Å². The lowest BCUT2D eigenvalue weighted by molar-refractivity contribution is 0.304. The van der Waals surface area contributed by atoms with Gasteiger partial charge in [0, 0.05) is 12.1 Å². The fraction of sp³-hybridized carbons (Fsp3) is 0.500. The molecule has 16 heavy (non-hydrogen) atoms. The Kier molecular flexibility index (Phi) is 5.66. The summed E-state index contributed by atoms with van der Waals surface area (Å²) in [7, 11) is 0. The van der Waals surface area contributed by atoms with Gasteiger partial charge in [0.1, 0.15) is 22.7 Å². The van der Waals surface area contributed by atoms with Crippen molar-refractivity contribution in [3.8, 4) is 11.8 Å². The fourth-order valence-corrected chi connectivity index (χ4v) is 1.53. The third kappa shape index (κ3) is 4.50. The molecule has 0 saturated heterocycles. The fourth-order valence-electron chi connectivity index (χ4n) is 1.33. The molecule has 4 heteroatoms. The van der Waals surface area contributed by atoms with E-state index in [9.17, 15) is 0 Å². The van der Waals surface area contributed by atoms with E-state index in [-0.39, 0.29) is 5.69 Å². The Morgan fingerprint density at radius 1 is 1.38 bits per heavy atom. The van der Waals surface area contributed by atoms with E-state index in [1.165, 1.54) is 19.3 Å². The zero-order valence-electron chi connectivity index (χ0n) is 9.37. The number of pyridine rings is 1. The van der Waals surface area contributed by atoms with Gasteiger partial charge in [-0.15, -0.1) is 0 Å². The third-order valence-corrected chi connectivity index (χ3v) is 2.34. The van der Waals surface area contributed by atoms with Crippen molar-refractivity contribution in [2.75, 3.05) is 6.61 Å². The molecule has 0 unspecified atom stereocenters. The molecular formula is C12H15ClN2O. The van der Waals surface area contributed by atoms with Gasteiger partial charge in [0.25, 0.3) is 0 Å². The summed E-state index contributed by atoms with van der Waals surface area (Å²) in [4.78, 5) is 3.83. The molecule has 0 amide bonds. The van der Waals surface area contributed by atoms with Crippen molar-refractivity contribution in [1.82, 2.24) is 4.98 Å². The maximum Gasteiger partial charge on any atom is 0.145 e. The average Bonchev–Trinajstić information content (AvgIpc) is 2.28. The number of hydrogen-bond donors (Lipinski definition) is 0. The minimum Gasteiger partial charge on any atom is -0.493 e. The highest BCUT2D eigenvalue weighted by molar-refractivity contribution is 6.29. The van der Waals surface area contributed by atoms with Crippen LogP contribution < -0.4 is 4.74 Å². The quantitative estimate of drug-likeness (QED) is 0.562. The van der Waals surface area contributed by atoms with Crippen LogP contribution in [0.25, 0.3) is 0 Å². The molecule has 0 aromatic carbocycles. The number of ether oxygens (including phenoxy) is 1. The maximum absolute atomic E-state index is 8.70. The molecule has 0 fully saturated rings. The van der Waals surface area contributed by atoms with E-state index in [1.807, 2.05) is 6.07 Å². The Hall–Kier alpha value is -1.27. The summed E-state index contributed by atoms with van der Waals surface area (Å²) in [6.07, 6.45) is 4.62. The van der Waals surface area contributed by atoms with E-state index < -0.39 is 0 Å². The summed E-state index contributed by atoms with van der Waals surface area (Å²) in [5.41, 5.74) is 0.288. The zero-order chi connectivity index (χ0) is 11.8. The van der Waals surface area contributed by atoms with E-state index in [0.717, 1.165) is 6.42 Å². The van der Waals surface area contributed by atoms with Gasteiger partial charge >= 0.3 is 0 Å². The molecule has 0 radical (unpaired) electrons. The van der Waals surface area contributed by atoms with Gasteiger partial charge in [-0.3, -0.25) is 0 Å². The topological polar surface area (TPSA) is 45.9 Å². The molecule has 0 aliphatic rings. The average molecular weight is 239 g/mol. The highest BCUT2D eigenvalue weighted by atomic mass is 35.5. The van der Waals surface area contributed by atoms with Gasteiger partial charge in [-0.2, -0.15) is 5.26 Å². The number of aromatic nitrogens is 1. The first-order valence-corrected chi connectivity index (χ1v) is 5.84. The molecule has 1 heterocycles. The molecule has 86 valence electrons. The standard InChI is InChI=1S/C12H15ClN2O/c1-2-3-4-5-6-16-11-7-10(9-14)15-12(13)8-11/h7-8H,2-6H2,1H3. The van der Waals surface area contributed by atoms with Gasteiger partial charge in [-0.05, 0) is 6.42 Å². The van der Waals surface area contributed by atoms with Crippen LogP contribution in [0.5, 0.6) is 5.75 Å².